The maximum Gasteiger partial charge on any atom is 0.407 e. The highest BCUT2D eigenvalue weighted by Gasteiger charge is 2.53. The molecule has 11 bridgehead atoms. The van der Waals surface area contributed by atoms with Gasteiger partial charge in [-0.05, 0) is 109 Å². The second-order valence-electron chi connectivity index (χ2n) is 27.6. The van der Waals surface area contributed by atoms with Crippen LogP contribution >= 0.6 is 23.2 Å². The predicted molar refractivity (Wildman–Crippen MR) is 380 cm³/mol. The lowest BCUT2D eigenvalue weighted by molar-refractivity contribution is -0.334. The number of alkyl carbamates (subject to hydrolysis) is 1. The number of aromatic hydroxyl groups is 3. The Morgan fingerprint density at radius 3 is 1.93 bits per heavy atom. The highest BCUT2D eigenvalue weighted by Crippen LogP contribution is 2.50. The number of aliphatic hydroxyl groups is 6. The number of carboxylic acids is 1. The number of phenols is 3. The minimum Gasteiger partial charge on any atom is -0.508 e. The SMILES string of the molecule is CC(C)C[C@H](N)C(=O)N[C@H]1C(=O)N[C@@H](CC(N)=O)C(=O)N[C@H]2C(=O)NC3C(=O)N[C@H](C(=O)N[C@H](C(=O)O)c4cc(O)cc(O)c4-c4cc3ccc4O)[C@H](O)c3ccc(c(Cl)c3)Oc3cc2cc(c3OC2O[C@H](CO)[C@@H](O)[C@H](O)C2O[C@H]2C[C@](C)(NC(=O)OCc3ccccc3)[C@H](O)[C@H](C)O2)Oc2ccc(cc2Cl)[C@H]1O. The number of primary amides is 1. The number of nitrogens with two attached hydrogens (primary N) is 2. The summed E-state index contributed by atoms with van der Waals surface area (Å²) in [5, 5.41) is 132. The third-order valence-corrected chi connectivity index (χ3v) is 19.6. The van der Waals surface area contributed by atoms with Crippen molar-refractivity contribution in [2.75, 3.05) is 6.61 Å². The Hall–Kier alpha value is -10.7. The molecular weight excluding hydrogens is 1490 g/mol. The van der Waals surface area contributed by atoms with Gasteiger partial charge in [-0.2, -0.15) is 0 Å². The first-order chi connectivity index (χ1) is 52.1. The molecule has 6 aromatic rings. The molecule has 8 amide bonds. The molecule has 2 fully saturated rings. The maximum atomic E-state index is 16.1. The first-order valence-electron chi connectivity index (χ1n) is 34.3. The van der Waals surface area contributed by atoms with Crippen LogP contribution in [0.15, 0.2) is 109 Å². The van der Waals surface area contributed by atoms with E-state index >= 15 is 14.4 Å². The Morgan fingerprint density at radius 1 is 0.691 bits per heavy atom. The Kier molecular flexibility index (Phi) is 24.3. The first kappa shape index (κ1) is 80.3. The fourth-order valence-corrected chi connectivity index (χ4v) is 13.8. The van der Waals surface area contributed by atoms with Crippen molar-refractivity contribution >= 4 is 76.6 Å². The lowest BCUT2D eigenvalue weighted by Gasteiger charge is -2.48. The smallest absolute Gasteiger partial charge is 0.407 e. The van der Waals surface area contributed by atoms with Crippen molar-refractivity contribution < 1.29 is 127 Å². The van der Waals surface area contributed by atoms with E-state index in [0.717, 1.165) is 72.8 Å². The zero-order valence-corrected chi connectivity index (χ0v) is 60.2. The number of aliphatic hydroxyl groups excluding tert-OH is 6. The molecule has 110 heavy (non-hydrogen) atoms. The average molecular weight is 1570 g/mol. The topological polar surface area (TPSA) is 557 Å². The molecule has 0 aliphatic carbocycles. The largest absolute Gasteiger partial charge is 0.508 e. The quantitative estimate of drug-likeness (QED) is 0.0697. The number of nitrogens with one attached hydrogen (secondary N) is 7. The van der Waals surface area contributed by atoms with Gasteiger partial charge in [0.1, 0.15) is 102 Å². The number of carboxylic acid groups (broad SMARTS) is 1. The van der Waals surface area contributed by atoms with Gasteiger partial charge in [0, 0.05) is 29.2 Å². The zero-order chi connectivity index (χ0) is 79.6. The van der Waals surface area contributed by atoms with E-state index in [1.165, 1.54) is 19.9 Å². The van der Waals surface area contributed by atoms with Gasteiger partial charge in [-0.3, -0.25) is 33.6 Å². The van der Waals surface area contributed by atoms with Crippen LogP contribution in [0, 0.1) is 5.92 Å². The van der Waals surface area contributed by atoms with Crippen LogP contribution in [0.2, 0.25) is 10.0 Å². The third kappa shape index (κ3) is 17.5. The van der Waals surface area contributed by atoms with Crippen LogP contribution in [0.25, 0.3) is 11.1 Å². The molecule has 35 nitrogen and oxygen atoms in total. The van der Waals surface area contributed by atoms with Crippen LogP contribution in [0.4, 0.5) is 4.79 Å². The average Bonchev–Trinajstić information content (AvgIpc) is 0.768. The normalized spacial score (nSPS) is 27.9. The molecule has 0 aromatic heterocycles. The van der Waals surface area contributed by atoms with Crippen LogP contribution < -0.4 is 62.9 Å². The Bertz CT molecular complexity index is 4560. The van der Waals surface area contributed by atoms with Crippen molar-refractivity contribution in [3.63, 3.8) is 0 Å². The molecule has 0 spiro atoms. The molecule has 586 valence electrons. The highest BCUT2D eigenvalue weighted by atomic mass is 35.5. The van der Waals surface area contributed by atoms with Crippen molar-refractivity contribution in [3.8, 4) is 57.1 Å². The number of fused-ring (bicyclic) bond motifs is 15. The van der Waals surface area contributed by atoms with E-state index in [2.05, 4.69) is 37.2 Å². The summed E-state index contributed by atoms with van der Waals surface area (Å²) >= 11 is 14.2. The van der Waals surface area contributed by atoms with E-state index in [-0.39, 0.29) is 41.4 Å². The molecule has 21 N–H and O–H groups in total. The Morgan fingerprint density at radius 2 is 1.31 bits per heavy atom. The number of aliphatic carboxylic acids is 1. The van der Waals surface area contributed by atoms with Crippen molar-refractivity contribution in [2.24, 2.45) is 17.4 Å². The summed E-state index contributed by atoms with van der Waals surface area (Å²) in [5.41, 5.74) is 7.95. The number of benzene rings is 6. The van der Waals surface area contributed by atoms with E-state index in [9.17, 15) is 79.8 Å². The molecule has 7 heterocycles. The van der Waals surface area contributed by atoms with E-state index in [1.807, 2.05) is 0 Å². The Balaban J connectivity index is 1.12. The number of amides is 8. The number of rotatable bonds is 15. The summed E-state index contributed by atoms with van der Waals surface area (Å²) in [7, 11) is 0. The van der Waals surface area contributed by atoms with E-state index in [4.69, 9.17) is 67.8 Å². The van der Waals surface area contributed by atoms with E-state index in [0.29, 0.717) is 5.56 Å². The molecule has 0 saturated carbocycles. The van der Waals surface area contributed by atoms with Gasteiger partial charge in [-0.25, -0.2) is 9.59 Å². The summed E-state index contributed by atoms with van der Waals surface area (Å²) in [6, 6.07) is 7.12. The van der Waals surface area contributed by atoms with Crippen LogP contribution in [0.3, 0.4) is 0 Å². The van der Waals surface area contributed by atoms with Gasteiger partial charge in [0.05, 0.1) is 40.8 Å². The van der Waals surface area contributed by atoms with Gasteiger partial charge < -0.3 is 133 Å². The van der Waals surface area contributed by atoms with Crippen LogP contribution in [0.1, 0.15) is 111 Å². The van der Waals surface area contributed by atoms with Gasteiger partial charge in [0.15, 0.2) is 29.9 Å². The minimum absolute atomic E-state index is 0.0593. The van der Waals surface area contributed by atoms with E-state index in [1.54, 1.807) is 44.2 Å². The summed E-state index contributed by atoms with van der Waals surface area (Å²) in [5.74, 6) is -16.7. The van der Waals surface area contributed by atoms with Crippen LogP contribution in [-0.4, -0.2) is 190 Å². The Labute approximate surface area is 635 Å². The lowest BCUT2D eigenvalue weighted by Crippen LogP contribution is -2.66. The zero-order valence-electron chi connectivity index (χ0n) is 58.7. The van der Waals surface area contributed by atoms with Gasteiger partial charge in [0.2, 0.25) is 53.4 Å². The number of carbonyl (C=O) groups is 9. The van der Waals surface area contributed by atoms with Gasteiger partial charge in [0.25, 0.3) is 0 Å². The maximum absolute atomic E-state index is 16.1. The molecule has 7 aliphatic rings. The number of carbonyl (C=O) groups excluding carboxylic acids is 8. The summed E-state index contributed by atoms with van der Waals surface area (Å²) in [4.78, 5) is 130. The number of phenolic OH excluding ortho intramolecular Hbond substituents is 3. The summed E-state index contributed by atoms with van der Waals surface area (Å²) in [6.45, 7) is 5.19. The van der Waals surface area contributed by atoms with Gasteiger partial charge >= 0.3 is 12.1 Å². The van der Waals surface area contributed by atoms with Crippen molar-refractivity contribution in [3.05, 3.63) is 153 Å². The highest BCUT2D eigenvalue weighted by molar-refractivity contribution is 6.32. The minimum atomic E-state index is -2.39. The number of hydrogen-bond acceptors (Lipinski definition) is 26. The molecule has 13 rings (SSSR count). The molecular formula is C73H79Cl2N9O26. The second-order valence-corrected chi connectivity index (χ2v) is 28.4. The summed E-state index contributed by atoms with van der Waals surface area (Å²) < 4.78 is 44.3. The molecule has 18 atom stereocenters. The molecule has 37 heteroatoms. The summed E-state index contributed by atoms with van der Waals surface area (Å²) in [6.07, 6.45) is -21.0. The van der Waals surface area contributed by atoms with Crippen LogP contribution in [-0.2, 0) is 63.9 Å². The van der Waals surface area contributed by atoms with Gasteiger partial charge in [-0.15, -0.1) is 0 Å². The molecule has 2 saturated heterocycles. The fraction of sp³-hybridized carbons (Fsp3) is 0.384. The molecule has 0 radical (unpaired) electrons. The third-order valence-electron chi connectivity index (χ3n) is 19.0. The number of hydrogen-bond donors (Lipinski definition) is 19. The molecule has 6 aromatic carbocycles. The molecule has 7 aliphatic heterocycles. The van der Waals surface area contributed by atoms with Gasteiger partial charge in [-0.1, -0.05) is 85.6 Å². The first-order valence-corrected chi connectivity index (χ1v) is 35.1. The van der Waals surface area contributed by atoms with Crippen molar-refractivity contribution in [1.82, 2.24) is 37.2 Å². The second kappa shape index (κ2) is 33.3. The fourth-order valence-electron chi connectivity index (χ4n) is 13.4. The lowest BCUT2D eigenvalue weighted by atomic mass is 9.85. The number of halogens is 2. The standard InChI is InChI=1S/C73H79Cl2N9O26/c1-28(2)16-40(76)64(95)82-55-57(90)32-11-14-44(38(74)18-32)106-46-20-34-21-47(61(46)110-71-62(60(93)59(92)48(26-85)108-71)109-50-25-73(4,63(94)29(3)105-50)84-72(103)104-27-30-8-6-5-7-9-30)107-45-15-12-33(19-39(45)75)58(91)56-69(100)81-54(70(101)102)37-22-35(86)23-43(88)51(37)36-17-31(10-13-42(36)87)52(66(97)83-56)80-67(98)53(34)79-65(96)41(24-49(77)89)78-68(55)99/h5-15,17-23,28-29,40-41,48,50,52-60,62-63,71,85-88,90-94H,16,24-27,76H2,1-4H3,(H2,77,89)(H,78,99)(H,79,96)(H,80,98)(H,81,100)(H,82,95)(H,83,97)(H,84,103)(H,101,102)/t29-,40-,41-,48+,50-,52?,53+,54-,55+,56-,57+,58+,59+,60-,62?,63+,71?,73-/m0/s1. The predicted octanol–water partition coefficient (Wildman–Crippen LogP) is 1.81. The number of ether oxygens (including phenoxy) is 7. The van der Waals surface area contributed by atoms with Crippen LogP contribution in [0.5, 0.6) is 46.0 Å². The van der Waals surface area contributed by atoms with Crippen molar-refractivity contribution in [1.29, 1.82) is 0 Å². The molecule has 3 unspecified atom stereocenters. The van der Waals surface area contributed by atoms with E-state index < -0.39 is 255 Å². The van der Waals surface area contributed by atoms with Crippen molar-refractivity contribution in [2.45, 2.75) is 163 Å². The monoisotopic (exact) mass is 1570 g/mol.